The second-order valence-corrected chi connectivity index (χ2v) is 7.75. The van der Waals surface area contributed by atoms with Crippen LogP contribution in [0.25, 0.3) is 0 Å². The zero-order chi connectivity index (χ0) is 18.5. The first-order valence-corrected chi connectivity index (χ1v) is 9.90. The number of amides is 2. The van der Waals surface area contributed by atoms with E-state index in [1.165, 1.54) is 31.4 Å². The molecule has 2 fully saturated rings. The molecule has 1 unspecified atom stereocenters. The number of benzene rings is 1. The molecule has 1 saturated carbocycles. The van der Waals surface area contributed by atoms with Crippen molar-refractivity contribution >= 4 is 11.8 Å². The van der Waals surface area contributed by atoms with Crippen LogP contribution in [-0.4, -0.2) is 35.3 Å². The molecule has 2 amide bonds. The van der Waals surface area contributed by atoms with E-state index < -0.39 is 0 Å². The van der Waals surface area contributed by atoms with Gasteiger partial charge < -0.3 is 10.2 Å². The lowest BCUT2D eigenvalue weighted by molar-refractivity contribution is -0.139. The van der Waals surface area contributed by atoms with Crippen molar-refractivity contribution in [2.24, 2.45) is 0 Å². The highest BCUT2D eigenvalue weighted by molar-refractivity contribution is 5.88. The molecule has 0 spiro atoms. The summed E-state index contributed by atoms with van der Waals surface area (Å²) in [5, 5.41) is 3.16. The Morgan fingerprint density at radius 3 is 2.50 bits per heavy atom. The Morgan fingerprint density at radius 1 is 1.12 bits per heavy atom. The van der Waals surface area contributed by atoms with E-state index in [-0.39, 0.29) is 35.6 Å². The molecule has 5 heteroatoms. The van der Waals surface area contributed by atoms with E-state index in [2.05, 4.69) is 5.32 Å². The van der Waals surface area contributed by atoms with E-state index in [1.54, 1.807) is 17.0 Å². The van der Waals surface area contributed by atoms with Gasteiger partial charge in [0.05, 0.1) is 0 Å². The minimum Gasteiger partial charge on any atom is -0.352 e. The summed E-state index contributed by atoms with van der Waals surface area (Å²) in [5.41, 5.74) is 0.946. The van der Waals surface area contributed by atoms with Crippen molar-refractivity contribution in [1.29, 1.82) is 0 Å². The average Bonchev–Trinajstić information content (AvgIpc) is 3.13. The maximum atomic E-state index is 13.1. The molecule has 4 nitrogen and oxygen atoms in total. The normalized spacial score (nSPS) is 22.2. The van der Waals surface area contributed by atoms with E-state index in [1.807, 2.05) is 6.92 Å². The molecule has 0 radical (unpaired) electrons. The molecule has 26 heavy (non-hydrogen) atoms. The van der Waals surface area contributed by atoms with Gasteiger partial charge in [-0.2, -0.15) is 0 Å². The van der Waals surface area contributed by atoms with E-state index in [0.717, 1.165) is 31.2 Å². The van der Waals surface area contributed by atoms with Crippen molar-refractivity contribution in [3.05, 3.63) is 35.6 Å². The van der Waals surface area contributed by atoms with Crippen LogP contribution in [-0.2, 0) is 9.59 Å². The number of hydrogen-bond acceptors (Lipinski definition) is 2. The van der Waals surface area contributed by atoms with E-state index in [4.69, 9.17) is 0 Å². The van der Waals surface area contributed by atoms with Crippen molar-refractivity contribution in [1.82, 2.24) is 10.2 Å². The van der Waals surface area contributed by atoms with Gasteiger partial charge in [-0.1, -0.05) is 38.3 Å². The number of carbonyl (C=O) groups is 2. The molecule has 1 aliphatic heterocycles. The maximum absolute atomic E-state index is 13.1. The molecule has 1 aliphatic carbocycles. The van der Waals surface area contributed by atoms with Gasteiger partial charge in [-0.25, -0.2) is 4.39 Å². The summed E-state index contributed by atoms with van der Waals surface area (Å²) in [6.45, 7) is 2.62. The zero-order valence-electron chi connectivity index (χ0n) is 15.5. The predicted molar refractivity (Wildman–Crippen MR) is 99.2 cm³/mol. The fourth-order valence-electron chi connectivity index (χ4n) is 4.17. The standard InChI is InChI=1S/C21H29FN2O2/c1-15(16-9-11-17(22)12-10-16)14-20(25)24-13-5-8-19(24)21(26)23-18-6-3-2-4-7-18/h9-12,15,18-19H,2-8,13-14H2,1H3,(H,23,26)/t15?,19-/m0/s1. The fourth-order valence-corrected chi connectivity index (χ4v) is 4.17. The summed E-state index contributed by atoms with van der Waals surface area (Å²) in [6, 6.07) is 6.24. The van der Waals surface area contributed by atoms with Gasteiger partial charge >= 0.3 is 0 Å². The number of nitrogens with zero attached hydrogens (tertiary/aromatic N) is 1. The first-order valence-electron chi connectivity index (χ1n) is 9.90. The Labute approximate surface area is 155 Å². The van der Waals surface area contributed by atoms with Crippen LogP contribution in [0.15, 0.2) is 24.3 Å². The van der Waals surface area contributed by atoms with Crippen LogP contribution >= 0.6 is 0 Å². The van der Waals surface area contributed by atoms with Crippen molar-refractivity contribution in [2.45, 2.75) is 76.3 Å². The van der Waals surface area contributed by atoms with Gasteiger partial charge in [-0.3, -0.25) is 9.59 Å². The van der Waals surface area contributed by atoms with Gasteiger partial charge in [-0.05, 0) is 49.3 Å². The van der Waals surface area contributed by atoms with Crippen molar-refractivity contribution in [2.75, 3.05) is 6.54 Å². The molecule has 2 aliphatic rings. The minimum atomic E-state index is -0.329. The molecule has 1 aromatic carbocycles. The number of likely N-dealkylation sites (tertiary alicyclic amines) is 1. The van der Waals surface area contributed by atoms with Crippen molar-refractivity contribution < 1.29 is 14.0 Å². The van der Waals surface area contributed by atoms with Gasteiger partial charge in [0.1, 0.15) is 11.9 Å². The van der Waals surface area contributed by atoms with Gasteiger partial charge in [0.25, 0.3) is 0 Å². The third-order valence-electron chi connectivity index (χ3n) is 5.75. The number of carbonyl (C=O) groups excluding carboxylic acids is 2. The SMILES string of the molecule is CC(CC(=O)N1CCC[C@H]1C(=O)NC1CCCCC1)c1ccc(F)cc1. The second kappa shape index (κ2) is 8.65. The van der Waals surface area contributed by atoms with Gasteiger partial charge in [0.2, 0.25) is 11.8 Å². The lowest BCUT2D eigenvalue weighted by atomic mass is 9.95. The summed E-state index contributed by atoms with van der Waals surface area (Å²) < 4.78 is 13.1. The van der Waals surface area contributed by atoms with Crippen LogP contribution in [0.2, 0.25) is 0 Å². The second-order valence-electron chi connectivity index (χ2n) is 7.75. The number of hydrogen-bond donors (Lipinski definition) is 1. The fraction of sp³-hybridized carbons (Fsp3) is 0.619. The Morgan fingerprint density at radius 2 is 1.81 bits per heavy atom. The van der Waals surface area contributed by atoms with Gasteiger partial charge in [0.15, 0.2) is 0 Å². The van der Waals surface area contributed by atoms with Crippen LogP contribution in [0.1, 0.15) is 69.8 Å². The first-order chi connectivity index (χ1) is 12.5. The Hall–Kier alpha value is -1.91. The summed E-state index contributed by atoms with van der Waals surface area (Å²) in [4.78, 5) is 27.2. The molecule has 0 bridgehead atoms. The Balaban J connectivity index is 1.56. The highest BCUT2D eigenvalue weighted by atomic mass is 19.1. The highest BCUT2D eigenvalue weighted by Gasteiger charge is 2.35. The van der Waals surface area contributed by atoms with Crippen molar-refractivity contribution in [3.8, 4) is 0 Å². The third-order valence-corrected chi connectivity index (χ3v) is 5.75. The zero-order valence-corrected chi connectivity index (χ0v) is 15.5. The molecule has 1 saturated heterocycles. The number of halogens is 1. The van der Waals surface area contributed by atoms with Crippen LogP contribution in [0.5, 0.6) is 0 Å². The summed E-state index contributed by atoms with van der Waals surface area (Å²) >= 11 is 0. The van der Waals surface area contributed by atoms with Crippen LogP contribution in [0, 0.1) is 5.82 Å². The summed E-state index contributed by atoms with van der Waals surface area (Å²) in [7, 11) is 0. The molecular formula is C21H29FN2O2. The Bertz CT molecular complexity index is 625. The highest BCUT2D eigenvalue weighted by Crippen LogP contribution is 2.25. The third kappa shape index (κ3) is 4.63. The molecular weight excluding hydrogens is 331 g/mol. The quantitative estimate of drug-likeness (QED) is 0.869. The van der Waals surface area contributed by atoms with Crippen LogP contribution < -0.4 is 5.32 Å². The summed E-state index contributed by atoms with van der Waals surface area (Å²) in [6.07, 6.45) is 7.66. The lowest BCUT2D eigenvalue weighted by Crippen LogP contribution is -2.49. The van der Waals surface area contributed by atoms with Gasteiger partial charge in [0, 0.05) is 19.0 Å². The lowest BCUT2D eigenvalue weighted by Gasteiger charge is -2.29. The molecule has 142 valence electrons. The van der Waals surface area contributed by atoms with E-state index >= 15 is 0 Å². The van der Waals surface area contributed by atoms with Crippen LogP contribution in [0.4, 0.5) is 4.39 Å². The molecule has 1 heterocycles. The van der Waals surface area contributed by atoms with Crippen LogP contribution in [0.3, 0.4) is 0 Å². The Kier molecular flexibility index (Phi) is 6.28. The number of rotatable bonds is 5. The largest absolute Gasteiger partial charge is 0.352 e. The topological polar surface area (TPSA) is 49.4 Å². The van der Waals surface area contributed by atoms with Crippen molar-refractivity contribution in [3.63, 3.8) is 0 Å². The number of nitrogens with one attached hydrogen (secondary N) is 1. The monoisotopic (exact) mass is 360 g/mol. The average molecular weight is 360 g/mol. The van der Waals surface area contributed by atoms with Gasteiger partial charge in [-0.15, -0.1) is 0 Å². The minimum absolute atomic E-state index is 0.00533. The molecule has 1 N–H and O–H groups in total. The maximum Gasteiger partial charge on any atom is 0.243 e. The smallest absolute Gasteiger partial charge is 0.243 e. The molecule has 3 rings (SSSR count). The molecule has 1 aromatic rings. The van der Waals surface area contributed by atoms with E-state index in [0.29, 0.717) is 13.0 Å². The molecule has 2 atom stereocenters. The molecule has 0 aromatic heterocycles. The predicted octanol–water partition coefficient (Wildman–Crippen LogP) is 3.76. The summed E-state index contributed by atoms with van der Waals surface area (Å²) in [5.74, 6) is -0.239. The first kappa shape index (κ1) is 18.9. The van der Waals surface area contributed by atoms with E-state index in [9.17, 15) is 14.0 Å².